The smallest absolute Gasteiger partial charge is 0.360 e. The fraction of sp³-hybridized carbons (Fsp3) is 0.276. The van der Waals surface area contributed by atoms with Crippen LogP contribution < -0.4 is 28.4 Å². The fourth-order valence-corrected chi connectivity index (χ4v) is 4.85. The average Bonchev–Trinajstić information content (AvgIpc) is 3.52. The molecule has 2 aliphatic rings. The lowest BCUT2D eigenvalue weighted by molar-refractivity contribution is -0.158. The van der Waals surface area contributed by atoms with Crippen LogP contribution in [0.1, 0.15) is 16.7 Å². The van der Waals surface area contributed by atoms with Crippen LogP contribution in [0.4, 0.5) is 0 Å². The van der Waals surface area contributed by atoms with Gasteiger partial charge in [0.2, 0.25) is 5.75 Å². The predicted molar refractivity (Wildman–Crippen MR) is 136 cm³/mol. The molecule has 9 heteroatoms. The molecule has 0 aromatic heterocycles. The van der Waals surface area contributed by atoms with Gasteiger partial charge in [-0.1, -0.05) is 18.2 Å². The highest BCUT2D eigenvalue weighted by Gasteiger charge is 2.47. The van der Waals surface area contributed by atoms with Crippen molar-refractivity contribution < 1.29 is 42.7 Å². The molecule has 38 heavy (non-hydrogen) atoms. The second kappa shape index (κ2) is 10.2. The predicted octanol–water partition coefficient (Wildman–Crippen LogP) is 4.39. The van der Waals surface area contributed by atoms with Crippen molar-refractivity contribution in [3.05, 3.63) is 82.9 Å². The van der Waals surface area contributed by atoms with Crippen LogP contribution >= 0.6 is 0 Å². The van der Waals surface area contributed by atoms with Crippen molar-refractivity contribution >= 4 is 5.97 Å². The Morgan fingerprint density at radius 1 is 0.763 bits per heavy atom. The molecule has 0 bridgehead atoms. The molecular weight excluding hydrogens is 492 g/mol. The van der Waals surface area contributed by atoms with Gasteiger partial charge in [-0.25, -0.2) is 4.79 Å². The van der Waals surface area contributed by atoms with Crippen LogP contribution in [0.2, 0.25) is 0 Å². The molecule has 2 aliphatic heterocycles. The van der Waals surface area contributed by atoms with E-state index < -0.39 is 18.0 Å². The number of ether oxygens (including phenoxy) is 8. The van der Waals surface area contributed by atoms with Crippen molar-refractivity contribution in [2.45, 2.75) is 18.5 Å². The van der Waals surface area contributed by atoms with Gasteiger partial charge in [0.1, 0.15) is 5.75 Å². The molecule has 0 N–H and O–H groups in total. The van der Waals surface area contributed by atoms with Crippen molar-refractivity contribution in [2.75, 3.05) is 35.5 Å². The van der Waals surface area contributed by atoms with E-state index >= 15 is 0 Å². The Kier molecular flexibility index (Phi) is 6.77. The number of methoxy groups -OCH3 is 5. The summed E-state index contributed by atoms with van der Waals surface area (Å²) in [6.07, 6.45) is 1.87. The summed E-state index contributed by atoms with van der Waals surface area (Å²) in [5.74, 6) is 2.74. The Balaban J connectivity index is 1.64. The minimum absolute atomic E-state index is 0.351. The van der Waals surface area contributed by atoms with Gasteiger partial charge in [-0.05, 0) is 54.0 Å². The quantitative estimate of drug-likeness (QED) is 0.381. The maximum atomic E-state index is 12.9. The van der Waals surface area contributed by atoms with Crippen LogP contribution in [-0.4, -0.2) is 48.0 Å². The molecule has 9 nitrogen and oxygen atoms in total. The van der Waals surface area contributed by atoms with Gasteiger partial charge in [-0.3, -0.25) is 0 Å². The molecule has 3 aromatic rings. The Morgan fingerprint density at radius 2 is 1.42 bits per heavy atom. The van der Waals surface area contributed by atoms with Gasteiger partial charge in [-0.15, -0.1) is 0 Å². The van der Waals surface area contributed by atoms with Gasteiger partial charge < -0.3 is 37.9 Å². The Bertz CT molecular complexity index is 1350. The number of esters is 1. The number of cyclic esters (lactones) is 1. The zero-order valence-corrected chi connectivity index (χ0v) is 21.7. The van der Waals surface area contributed by atoms with Crippen molar-refractivity contribution in [1.29, 1.82) is 0 Å². The summed E-state index contributed by atoms with van der Waals surface area (Å²) >= 11 is 0. The molecule has 198 valence electrons. The third kappa shape index (κ3) is 4.24. The van der Waals surface area contributed by atoms with Crippen LogP contribution in [0.15, 0.2) is 66.2 Å². The zero-order valence-electron chi connectivity index (χ0n) is 21.7. The van der Waals surface area contributed by atoms with Crippen LogP contribution in [-0.2, 0) is 26.3 Å². The Hall–Kier alpha value is -4.37. The van der Waals surface area contributed by atoms with Gasteiger partial charge in [0.05, 0.1) is 28.4 Å². The first-order valence-electron chi connectivity index (χ1n) is 11.8. The van der Waals surface area contributed by atoms with Crippen molar-refractivity contribution in [2.24, 2.45) is 0 Å². The van der Waals surface area contributed by atoms with Gasteiger partial charge >= 0.3 is 12.4 Å². The van der Waals surface area contributed by atoms with Gasteiger partial charge in [-0.2, -0.15) is 0 Å². The zero-order chi connectivity index (χ0) is 26.9. The minimum atomic E-state index is -1.24. The van der Waals surface area contributed by atoms with Crippen LogP contribution in [0, 0.1) is 0 Å². The van der Waals surface area contributed by atoms with Crippen molar-refractivity contribution in [3.63, 3.8) is 0 Å². The van der Waals surface area contributed by atoms with E-state index in [9.17, 15) is 4.79 Å². The molecule has 0 radical (unpaired) electrons. The SMILES string of the molecule is COc1ccc(C2(c3ccc4c(c3)OC(OC)O4)OC(=O)C=C2Cc2cc(OC)c(OC)c(OC)c2)cc1. The second-order valence-electron chi connectivity index (χ2n) is 8.63. The maximum Gasteiger partial charge on any atom is 0.360 e. The van der Waals surface area contributed by atoms with Crippen LogP contribution in [0.3, 0.4) is 0 Å². The Labute approximate surface area is 220 Å². The number of carbonyl (C=O) groups is 1. The summed E-state index contributed by atoms with van der Waals surface area (Å²) < 4.78 is 44.7. The van der Waals surface area contributed by atoms with E-state index in [1.807, 2.05) is 42.5 Å². The van der Waals surface area contributed by atoms with Crippen molar-refractivity contribution in [1.82, 2.24) is 0 Å². The lowest BCUT2D eigenvalue weighted by Crippen LogP contribution is -2.32. The third-order valence-electron chi connectivity index (χ3n) is 6.60. The number of rotatable bonds is 9. The molecule has 0 saturated carbocycles. The molecule has 2 atom stereocenters. The normalized spacial score (nSPS) is 19.6. The van der Waals surface area contributed by atoms with E-state index in [1.165, 1.54) is 13.2 Å². The van der Waals surface area contributed by atoms with E-state index in [0.717, 1.165) is 11.1 Å². The monoisotopic (exact) mass is 520 g/mol. The summed E-state index contributed by atoms with van der Waals surface area (Å²) in [6.45, 7) is -0.849. The van der Waals surface area contributed by atoms with E-state index in [0.29, 0.717) is 52.1 Å². The second-order valence-corrected chi connectivity index (χ2v) is 8.63. The lowest BCUT2D eigenvalue weighted by Gasteiger charge is -2.33. The maximum absolute atomic E-state index is 12.9. The molecular formula is C29H28O9. The molecule has 0 amide bonds. The van der Waals surface area contributed by atoms with E-state index in [-0.39, 0.29) is 0 Å². The first-order valence-corrected chi connectivity index (χ1v) is 11.8. The van der Waals surface area contributed by atoms with E-state index in [4.69, 9.17) is 37.9 Å². The summed E-state index contributed by atoms with van der Waals surface area (Å²) in [4.78, 5) is 12.9. The molecule has 0 fully saturated rings. The topological polar surface area (TPSA) is 90.9 Å². The summed E-state index contributed by atoms with van der Waals surface area (Å²) in [6, 6.07) is 16.6. The molecule has 3 aromatic carbocycles. The number of fused-ring (bicyclic) bond motifs is 1. The van der Waals surface area contributed by atoms with E-state index in [1.54, 1.807) is 40.6 Å². The largest absolute Gasteiger partial charge is 0.497 e. The number of carbonyl (C=O) groups excluding carboxylic acids is 1. The highest BCUT2D eigenvalue weighted by molar-refractivity contribution is 5.88. The summed E-state index contributed by atoms with van der Waals surface area (Å²) in [5.41, 5.74) is 1.73. The molecule has 5 rings (SSSR count). The average molecular weight is 521 g/mol. The highest BCUT2D eigenvalue weighted by atomic mass is 16.9. The molecule has 0 saturated heterocycles. The van der Waals surface area contributed by atoms with Gasteiger partial charge in [0.25, 0.3) is 0 Å². The van der Waals surface area contributed by atoms with Gasteiger partial charge in [0.15, 0.2) is 28.6 Å². The first-order chi connectivity index (χ1) is 18.4. The van der Waals surface area contributed by atoms with Crippen molar-refractivity contribution in [3.8, 4) is 34.5 Å². The highest BCUT2D eigenvalue weighted by Crippen LogP contribution is 2.49. The van der Waals surface area contributed by atoms with Crippen LogP contribution in [0.5, 0.6) is 34.5 Å². The molecule has 0 aliphatic carbocycles. The summed E-state index contributed by atoms with van der Waals surface area (Å²) in [5, 5.41) is 0. The fourth-order valence-electron chi connectivity index (χ4n) is 4.85. The number of hydrogen-bond donors (Lipinski definition) is 0. The number of hydrogen-bond acceptors (Lipinski definition) is 9. The number of benzene rings is 3. The molecule has 2 unspecified atom stereocenters. The summed E-state index contributed by atoms with van der Waals surface area (Å²) in [7, 11) is 7.76. The third-order valence-corrected chi connectivity index (χ3v) is 6.60. The standard InChI is InChI=1S/C29H28O9/c1-31-21-9-6-18(7-10-21)29(19-8-11-22-23(15-19)37-28(35-5)36-22)20(16-26(30)38-29)12-17-13-24(32-2)27(34-4)25(14-17)33-3/h6-11,13-16,28H,12H2,1-5H3. The van der Waals surface area contributed by atoms with Gasteiger partial charge in [0, 0.05) is 24.3 Å². The van der Waals surface area contributed by atoms with E-state index in [2.05, 4.69) is 0 Å². The lowest BCUT2D eigenvalue weighted by atomic mass is 9.78. The Morgan fingerprint density at radius 3 is 2.03 bits per heavy atom. The first kappa shape index (κ1) is 25.3. The molecule has 0 spiro atoms. The molecule has 2 heterocycles. The van der Waals surface area contributed by atoms with Crippen LogP contribution in [0.25, 0.3) is 0 Å². The minimum Gasteiger partial charge on any atom is -0.497 e.